The molecule has 0 radical (unpaired) electrons. The number of ether oxygens (including phenoxy) is 3. The Morgan fingerprint density at radius 2 is 1.64 bits per heavy atom. The Bertz CT molecular complexity index is 1340. The van der Waals surface area contributed by atoms with Gasteiger partial charge in [0.15, 0.2) is 6.61 Å². The van der Waals surface area contributed by atoms with Gasteiger partial charge in [0, 0.05) is 42.8 Å². The number of alkyl halides is 3. The molecule has 3 aromatic rings. The molecule has 0 atom stereocenters. The van der Waals surface area contributed by atoms with E-state index in [1.165, 1.54) is 0 Å². The molecule has 4 heterocycles. The predicted molar refractivity (Wildman–Crippen MR) is 148 cm³/mol. The third-order valence-corrected chi connectivity index (χ3v) is 6.76. The lowest BCUT2D eigenvalue weighted by Gasteiger charge is -2.17. The predicted octanol–water partition coefficient (Wildman–Crippen LogP) is 3.68. The van der Waals surface area contributed by atoms with Crippen molar-refractivity contribution in [1.29, 1.82) is 0 Å². The van der Waals surface area contributed by atoms with Crippen LogP contribution in [0.4, 0.5) is 30.8 Å². The number of hydrogen-bond acceptors (Lipinski definition) is 10. The molecule has 1 fully saturated rings. The number of nitrogens with zero attached hydrogens (tertiary/aromatic N) is 3. The normalized spacial score (nSPS) is 17.9. The van der Waals surface area contributed by atoms with E-state index in [0.717, 1.165) is 24.9 Å². The van der Waals surface area contributed by atoms with Crippen LogP contribution in [0.3, 0.4) is 0 Å². The molecule has 1 saturated carbocycles. The topological polar surface area (TPSA) is 132 Å². The Balaban J connectivity index is 1.32. The van der Waals surface area contributed by atoms with Gasteiger partial charge in [0.25, 0.3) is 5.91 Å². The lowest BCUT2D eigenvalue weighted by atomic mass is 10.1. The van der Waals surface area contributed by atoms with E-state index in [2.05, 4.69) is 36.2 Å². The minimum absolute atomic E-state index is 0.0167. The molecule has 0 unspecified atom stereocenters. The van der Waals surface area contributed by atoms with Crippen molar-refractivity contribution in [3.8, 4) is 11.8 Å². The molecule has 4 N–H and O–H groups in total. The van der Waals surface area contributed by atoms with Crippen LogP contribution in [0.5, 0.6) is 11.8 Å². The van der Waals surface area contributed by atoms with Gasteiger partial charge < -0.3 is 35.5 Å². The van der Waals surface area contributed by atoms with E-state index in [4.69, 9.17) is 14.2 Å². The fourth-order valence-corrected chi connectivity index (χ4v) is 4.20. The Morgan fingerprint density at radius 1 is 0.881 bits per heavy atom. The van der Waals surface area contributed by atoms with Crippen LogP contribution in [0, 0.1) is 5.41 Å². The van der Waals surface area contributed by atoms with Gasteiger partial charge in [-0.1, -0.05) is 12.1 Å². The monoisotopic (exact) mass is 587 g/mol. The number of rotatable bonds is 2. The van der Waals surface area contributed by atoms with Crippen LogP contribution in [-0.2, 0) is 11.3 Å². The first-order chi connectivity index (χ1) is 20.3. The van der Waals surface area contributed by atoms with E-state index in [9.17, 15) is 18.0 Å². The van der Waals surface area contributed by atoms with Gasteiger partial charge in [0.05, 0.1) is 13.2 Å². The van der Waals surface area contributed by atoms with E-state index in [-0.39, 0.29) is 29.8 Å². The molecule has 4 aliphatic rings. The molecule has 11 nitrogen and oxygen atoms in total. The third kappa shape index (κ3) is 8.91. The van der Waals surface area contributed by atoms with Crippen molar-refractivity contribution in [2.24, 2.45) is 5.41 Å². The number of hydrogen-bond donors (Lipinski definition) is 4. The van der Waals surface area contributed by atoms with Gasteiger partial charge >= 0.3 is 12.2 Å². The number of nitrogens with one attached hydrogen (secondary N) is 4. The first-order valence-corrected chi connectivity index (χ1v) is 13.6. The zero-order valence-electron chi connectivity index (χ0n) is 22.8. The van der Waals surface area contributed by atoms with Crippen molar-refractivity contribution in [3.05, 3.63) is 59.7 Å². The van der Waals surface area contributed by atoms with Gasteiger partial charge in [-0.25, -0.2) is 0 Å². The number of fused-ring (bicyclic) bond motifs is 2. The maximum absolute atomic E-state index is 12.8. The smallest absolute Gasteiger partial charge is 0.422 e. The summed E-state index contributed by atoms with van der Waals surface area (Å²) in [6, 6.07) is 13.4. The highest BCUT2D eigenvalue weighted by Gasteiger charge is 2.42. The van der Waals surface area contributed by atoms with Gasteiger partial charge in [0.1, 0.15) is 12.4 Å². The number of halogens is 3. The largest absolute Gasteiger partial charge is 0.491 e. The van der Waals surface area contributed by atoms with Crippen LogP contribution in [0.15, 0.2) is 48.5 Å². The number of benzene rings is 2. The van der Waals surface area contributed by atoms with Crippen LogP contribution in [0.1, 0.15) is 28.8 Å². The maximum Gasteiger partial charge on any atom is 0.422 e. The van der Waals surface area contributed by atoms with E-state index >= 15 is 0 Å². The van der Waals surface area contributed by atoms with Gasteiger partial charge in [-0.3, -0.25) is 4.79 Å². The van der Waals surface area contributed by atoms with Crippen LogP contribution in [-0.4, -0.2) is 73.1 Å². The van der Waals surface area contributed by atoms with E-state index in [1.54, 1.807) is 24.3 Å². The third-order valence-electron chi connectivity index (χ3n) is 6.76. The lowest BCUT2D eigenvalue weighted by Crippen LogP contribution is -2.36. The molecule has 6 bridgehead atoms. The first-order valence-electron chi connectivity index (χ1n) is 13.6. The zero-order valence-corrected chi connectivity index (χ0v) is 22.8. The second kappa shape index (κ2) is 13.2. The Hall–Kier alpha value is -4.17. The fraction of sp³-hybridized carbons (Fsp3) is 0.429. The van der Waals surface area contributed by atoms with E-state index in [1.807, 2.05) is 24.3 Å². The van der Waals surface area contributed by atoms with E-state index < -0.39 is 18.8 Å². The van der Waals surface area contributed by atoms with Crippen LogP contribution in [0.2, 0.25) is 0 Å². The molecule has 1 spiro atoms. The molecule has 1 amide bonds. The van der Waals surface area contributed by atoms with Gasteiger partial charge in [-0.2, -0.15) is 28.1 Å². The second-order valence-electron chi connectivity index (χ2n) is 10.2. The number of carbonyl (C=O) groups is 1. The molecular weight excluding hydrogens is 555 g/mol. The molecule has 3 aliphatic heterocycles. The Kier molecular flexibility index (Phi) is 9.22. The number of anilines is 3. The Labute approximate surface area is 240 Å². The number of amides is 1. The molecular formula is C28H32F3N7O4. The minimum Gasteiger partial charge on any atom is -0.491 e. The van der Waals surface area contributed by atoms with Crippen molar-refractivity contribution in [2.75, 3.05) is 56.7 Å². The highest BCUT2D eigenvalue weighted by atomic mass is 19.4. The van der Waals surface area contributed by atoms with Gasteiger partial charge in [-0.05, 0) is 54.8 Å². The van der Waals surface area contributed by atoms with Crippen molar-refractivity contribution >= 4 is 23.5 Å². The summed E-state index contributed by atoms with van der Waals surface area (Å²) in [6.45, 7) is 2.19. The van der Waals surface area contributed by atoms with Crippen molar-refractivity contribution in [2.45, 2.75) is 25.6 Å². The minimum atomic E-state index is -4.56. The Morgan fingerprint density at radius 3 is 2.38 bits per heavy atom. The molecule has 14 heteroatoms. The second-order valence-corrected chi connectivity index (χ2v) is 10.2. The summed E-state index contributed by atoms with van der Waals surface area (Å²) in [5.41, 5.74) is 1.90. The average Bonchev–Trinajstić information content (AvgIpc) is 3.75. The summed E-state index contributed by atoms with van der Waals surface area (Å²) in [4.78, 5) is 25.0. The van der Waals surface area contributed by atoms with Crippen LogP contribution in [0.25, 0.3) is 0 Å². The van der Waals surface area contributed by atoms with Crippen LogP contribution < -0.4 is 30.7 Å². The number of carbonyl (C=O) groups excluding carboxylic acids is 1. The summed E-state index contributed by atoms with van der Waals surface area (Å²) in [7, 11) is 0. The summed E-state index contributed by atoms with van der Waals surface area (Å²) in [5, 5.41) is 12.4. The summed E-state index contributed by atoms with van der Waals surface area (Å²) < 4.78 is 54.5. The standard InChI is InChI=1S/C28H32F3N7O4/c29-28(30,31)18-42-26-37-24-33-15-19-1-7-22(8-2-19)41-14-13-40-12-11-32-16-27(9-10-27)17-34-23(39)20-3-5-21(6-4-20)35-25(36-24)38-26/h1-8,32H,9-18H2,(H,34,39)(H2,33,35,36,37,38). The molecule has 224 valence electrons. The van der Waals surface area contributed by atoms with E-state index in [0.29, 0.717) is 49.9 Å². The zero-order chi connectivity index (χ0) is 29.4. The molecule has 0 saturated heterocycles. The summed E-state index contributed by atoms with van der Waals surface area (Å²) >= 11 is 0. The van der Waals surface area contributed by atoms with Crippen molar-refractivity contribution in [3.63, 3.8) is 0 Å². The van der Waals surface area contributed by atoms with Gasteiger partial charge in [0.2, 0.25) is 11.9 Å². The molecule has 1 aromatic heterocycles. The molecule has 2 aromatic carbocycles. The van der Waals surface area contributed by atoms with Crippen LogP contribution >= 0.6 is 0 Å². The molecule has 42 heavy (non-hydrogen) atoms. The molecule has 7 rings (SSSR count). The van der Waals surface area contributed by atoms with Crippen molar-refractivity contribution < 1.29 is 32.2 Å². The SMILES string of the molecule is O=C1NCC2(CC2)CNCCOCCOc2ccc(cc2)CNc2nc(nc(OCC(F)(F)F)n2)Nc2ccc1cc2. The highest BCUT2D eigenvalue weighted by Crippen LogP contribution is 2.44. The fourth-order valence-electron chi connectivity index (χ4n) is 4.20. The molecule has 1 aliphatic carbocycles. The van der Waals surface area contributed by atoms with Gasteiger partial charge in [-0.15, -0.1) is 0 Å². The quantitative estimate of drug-likeness (QED) is 0.352. The van der Waals surface area contributed by atoms with Crippen molar-refractivity contribution in [1.82, 2.24) is 25.6 Å². The summed E-state index contributed by atoms with van der Waals surface area (Å²) in [5.74, 6) is 0.473. The highest BCUT2D eigenvalue weighted by molar-refractivity contribution is 5.94. The maximum atomic E-state index is 12.8. The summed E-state index contributed by atoms with van der Waals surface area (Å²) in [6.07, 6.45) is -2.49. The number of aromatic nitrogens is 3. The average molecular weight is 588 g/mol. The lowest BCUT2D eigenvalue weighted by molar-refractivity contribution is -0.154. The first kappa shape index (κ1) is 29.3.